The number of para-hydroxylation sites is 1. The first-order chi connectivity index (χ1) is 11.2. The molecule has 1 aromatic heterocycles. The Kier molecular flexibility index (Phi) is 3.94. The van der Waals surface area contributed by atoms with Crippen LogP contribution in [0, 0.1) is 11.3 Å². The Morgan fingerprint density at radius 1 is 1.39 bits per heavy atom. The second-order valence-corrected chi connectivity index (χ2v) is 5.14. The minimum absolute atomic E-state index is 0.287. The number of anilines is 1. The number of hydrogen-bond donors (Lipinski definition) is 2. The monoisotopic (exact) mass is 310 g/mol. The van der Waals surface area contributed by atoms with Gasteiger partial charge in [-0.3, -0.25) is 0 Å². The van der Waals surface area contributed by atoms with Crippen LogP contribution in [0.2, 0.25) is 0 Å². The fourth-order valence-corrected chi connectivity index (χ4v) is 2.73. The van der Waals surface area contributed by atoms with Crippen LogP contribution in [0.15, 0.2) is 40.1 Å². The lowest BCUT2D eigenvalue weighted by Crippen LogP contribution is -2.23. The molecule has 1 aliphatic rings. The molecule has 1 aliphatic heterocycles. The molecule has 1 aromatic carbocycles. The van der Waals surface area contributed by atoms with Crippen molar-refractivity contribution in [3.8, 4) is 11.8 Å². The summed E-state index contributed by atoms with van der Waals surface area (Å²) in [5.41, 5.74) is 7.96. The van der Waals surface area contributed by atoms with Crippen molar-refractivity contribution in [3.63, 3.8) is 0 Å². The molecule has 2 aromatic rings. The standard InChI is InChI=1S/C17H18N4O2/c1-3-13-20-15-14(10-7-5-6-8-12(10)22-4-2)11(9-18)16(19)21-17(15)23-13/h5-8,14,21H,3-4,19H2,1-2H3. The summed E-state index contributed by atoms with van der Waals surface area (Å²) >= 11 is 0. The van der Waals surface area contributed by atoms with Crippen LogP contribution in [0.4, 0.5) is 5.88 Å². The lowest BCUT2D eigenvalue weighted by Gasteiger charge is -2.24. The molecule has 0 saturated carbocycles. The van der Waals surface area contributed by atoms with Crippen molar-refractivity contribution in [1.82, 2.24) is 4.98 Å². The van der Waals surface area contributed by atoms with Gasteiger partial charge in [0.25, 0.3) is 0 Å². The van der Waals surface area contributed by atoms with E-state index >= 15 is 0 Å². The number of rotatable bonds is 4. The van der Waals surface area contributed by atoms with Gasteiger partial charge < -0.3 is 20.2 Å². The van der Waals surface area contributed by atoms with Gasteiger partial charge in [-0.15, -0.1) is 0 Å². The highest BCUT2D eigenvalue weighted by Crippen LogP contribution is 2.43. The van der Waals surface area contributed by atoms with Crippen LogP contribution < -0.4 is 15.8 Å². The number of nitrogens with one attached hydrogen (secondary N) is 1. The van der Waals surface area contributed by atoms with Crippen molar-refractivity contribution in [3.05, 3.63) is 52.8 Å². The molecule has 3 rings (SSSR count). The van der Waals surface area contributed by atoms with Gasteiger partial charge in [0.05, 0.1) is 24.2 Å². The van der Waals surface area contributed by atoms with Gasteiger partial charge in [0.2, 0.25) is 5.88 Å². The number of nitrogens with two attached hydrogens (primary N) is 1. The lowest BCUT2D eigenvalue weighted by atomic mass is 9.86. The largest absolute Gasteiger partial charge is 0.494 e. The Hall–Kier alpha value is -2.94. The van der Waals surface area contributed by atoms with Crippen molar-refractivity contribution >= 4 is 5.88 Å². The number of benzene rings is 1. The van der Waals surface area contributed by atoms with E-state index in [1.54, 1.807) is 0 Å². The van der Waals surface area contributed by atoms with E-state index in [9.17, 15) is 5.26 Å². The van der Waals surface area contributed by atoms with E-state index in [4.69, 9.17) is 14.9 Å². The Bertz CT molecular complexity index is 801. The van der Waals surface area contributed by atoms with Crippen LogP contribution >= 0.6 is 0 Å². The molecule has 23 heavy (non-hydrogen) atoms. The fourth-order valence-electron chi connectivity index (χ4n) is 2.73. The summed E-state index contributed by atoms with van der Waals surface area (Å²) in [5, 5.41) is 12.5. The first-order valence-corrected chi connectivity index (χ1v) is 7.57. The number of ether oxygens (including phenoxy) is 1. The third-order valence-corrected chi connectivity index (χ3v) is 3.75. The van der Waals surface area contributed by atoms with Gasteiger partial charge in [-0.05, 0) is 13.0 Å². The van der Waals surface area contributed by atoms with E-state index in [0.29, 0.717) is 36.1 Å². The van der Waals surface area contributed by atoms with Gasteiger partial charge in [0, 0.05) is 12.0 Å². The molecule has 0 amide bonds. The molecule has 0 fully saturated rings. The Morgan fingerprint density at radius 2 is 2.17 bits per heavy atom. The van der Waals surface area contributed by atoms with Crippen LogP contribution in [0.3, 0.4) is 0 Å². The average molecular weight is 310 g/mol. The van der Waals surface area contributed by atoms with E-state index in [0.717, 1.165) is 11.3 Å². The highest BCUT2D eigenvalue weighted by molar-refractivity contribution is 5.62. The number of hydrogen-bond acceptors (Lipinski definition) is 6. The molecule has 2 heterocycles. The molecule has 1 unspecified atom stereocenters. The van der Waals surface area contributed by atoms with E-state index in [1.807, 2.05) is 38.1 Å². The second-order valence-electron chi connectivity index (χ2n) is 5.14. The summed E-state index contributed by atoms with van der Waals surface area (Å²) in [6.45, 7) is 4.42. The van der Waals surface area contributed by atoms with Crippen LogP contribution in [-0.4, -0.2) is 11.6 Å². The smallest absolute Gasteiger partial charge is 0.223 e. The summed E-state index contributed by atoms with van der Waals surface area (Å²) in [4.78, 5) is 4.54. The van der Waals surface area contributed by atoms with Crippen LogP contribution in [0.25, 0.3) is 0 Å². The molecule has 0 saturated heterocycles. The number of nitriles is 1. The van der Waals surface area contributed by atoms with Gasteiger partial charge in [-0.1, -0.05) is 25.1 Å². The zero-order valence-electron chi connectivity index (χ0n) is 13.1. The maximum Gasteiger partial charge on any atom is 0.223 e. The third kappa shape index (κ3) is 2.50. The SMILES string of the molecule is CCOc1ccccc1C1C(C#N)=C(N)Nc2oc(CC)nc21. The number of allylic oxidation sites excluding steroid dienone is 1. The van der Waals surface area contributed by atoms with Gasteiger partial charge in [0.15, 0.2) is 5.89 Å². The summed E-state index contributed by atoms with van der Waals surface area (Å²) in [6.07, 6.45) is 0.663. The number of nitrogens with zero attached hydrogens (tertiary/aromatic N) is 2. The Labute approximate surface area is 134 Å². The number of fused-ring (bicyclic) bond motifs is 1. The third-order valence-electron chi connectivity index (χ3n) is 3.75. The molecule has 0 aliphatic carbocycles. The van der Waals surface area contributed by atoms with E-state index < -0.39 is 5.92 Å². The normalized spacial score (nSPS) is 16.5. The molecular weight excluding hydrogens is 292 g/mol. The lowest BCUT2D eigenvalue weighted by molar-refractivity contribution is 0.336. The molecule has 0 bridgehead atoms. The predicted molar refractivity (Wildman–Crippen MR) is 85.8 cm³/mol. The van der Waals surface area contributed by atoms with Crippen molar-refractivity contribution in [2.75, 3.05) is 11.9 Å². The summed E-state index contributed by atoms with van der Waals surface area (Å²) in [6, 6.07) is 9.81. The quantitative estimate of drug-likeness (QED) is 0.901. The molecule has 6 heteroatoms. The zero-order valence-corrected chi connectivity index (χ0v) is 13.1. The Balaban J connectivity index is 2.20. The minimum atomic E-state index is -0.400. The maximum atomic E-state index is 9.58. The Morgan fingerprint density at radius 3 is 2.87 bits per heavy atom. The second kappa shape index (κ2) is 6.05. The minimum Gasteiger partial charge on any atom is -0.494 e. The first-order valence-electron chi connectivity index (χ1n) is 7.57. The van der Waals surface area contributed by atoms with Crippen molar-refractivity contribution in [2.45, 2.75) is 26.2 Å². The van der Waals surface area contributed by atoms with Crippen molar-refractivity contribution in [2.24, 2.45) is 5.73 Å². The summed E-state index contributed by atoms with van der Waals surface area (Å²) < 4.78 is 11.4. The molecule has 6 nitrogen and oxygen atoms in total. The molecule has 0 spiro atoms. The van der Waals surface area contributed by atoms with Crippen LogP contribution in [-0.2, 0) is 6.42 Å². The molecular formula is C17H18N4O2. The highest BCUT2D eigenvalue weighted by Gasteiger charge is 2.35. The molecule has 0 radical (unpaired) electrons. The van der Waals surface area contributed by atoms with Crippen LogP contribution in [0.1, 0.15) is 36.9 Å². The zero-order chi connectivity index (χ0) is 16.4. The predicted octanol–water partition coefficient (Wildman–Crippen LogP) is 2.89. The fraction of sp³-hybridized carbons (Fsp3) is 0.294. The van der Waals surface area contributed by atoms with Gasteiger partial charge >= 0.3 is 0 Å². The summed E-state index contributed by atoms with van der Waals surface area (Å²) in [7, 11) is 0. The number of oxazole rings is 1. The van der Waals surface area contributed by atoms with Crippen LogP contribution in [0.5, 0.6) is 5.75 Å². The van der Waals surface area contributed by atoms with E-state index in [-0.39, 0.29) is 5.82 Å². The van der Waals surface area contributed by atoms with Gasteiger partial charge in [-0.25, -0.2) is 4.98 Å². The number of aryl methyl sites for hydroxylation is 1. The topological polar surface area (TPSA) is 97.1 Å². The molecule has 3 N–H and O–H groups in total. The van der Waals surface area contributed by atoms with E-state index in [1.165, 1.54) is 0 Å². The van der Waals surface area contributed by atoms with E-state index in [2.05, 4.69) is 16.4 Å². The van der Waals surface area contributed by atoms with Crippen molar-refractivity contribution in [1.29, 1.82) is 5.26 Å². The molecule has 118 valence electrons. The summed E-state index contributed by atoms with van der Waals surface area (Å²) in [5.74, 6) is 1.70. The van der Waals surface area contributed by atoms with Gasteiger partial charge in [-0.2, -0.15) is 5.26 Å². The average Bonchev–Trinajstić information content (AvgIpc) is 2.97. The van der Waals surface area contributed by atoms with Gasteiger partial charge in [0.1, 0.15) is 17.3 Å². The number of aromatic nitrogens is 1. The maximum absolute atomic E-state index is 9.58. The molecule has 1 atom stereocenters. The highest BCUT2D eigenvalue weighted by atomic mass is 16.5. The van der Waals surface area contributed by atoms with Crippen molar-refractivity contribution < 1.29 is 9.15 Å². The first kappa shape index (κ1) is 15.0.